The molecule has 0 spiro atoms. The van der Waals surface area contributed by atoms with E-state index < -0.39 is 0 Å². The molecular formula is C14H21BrN2. The monoisotopic (exact) mass is 296 g/mol. The van der Waals surface area contributed by atoms with Gasteiger partial charge in [0.25, 0.3) is 0 Å². The van der Waals surface area contributed by atoms with E-state index in [2.05, 4.69) is 41.2 Å². The van der Waals surface area contributed by atoms with Crippen LogP contribution in [0.15, 0.2) is 16.6 Å². The number of nitrogens with two attached hydrogens (primary N) is 1. The zero-order valence-electron chi connectivity index (χ0n) is 10.8. The minimum absolute atomic E-state index is 0.384. The maximum absolute atomic E-state index is 5.89. The van der Waals surface area contributed by atoms with Crippen molar-refractivity contribution in [2.75, 3.05) is 11.1 Å². The van der Waals surface area contributed by atoms with Gasteiger partial charge in [-0.1, -0.05) is 20.3 Å². The van der Waals surface area contributed by atoms with E-state index in [0.717, 1.165) is 21.4 Å². The Morgan fingerprint density at radius 2 is 2.12 bits per heavy atom. The summed E-state index contributed by atoms with van der Waals surface area (Å²) in [7, 11) is 0. The Morgan fingerprint density at radius 1 is 1.41 bits per heavy atom. The molecule has 1 aromatic carbocycles. The molecule has 94 valence electrons. The number of nitrogens with one attached hydrogen (secondary N) is 1. The second-order valence-corrected chi connectivity index (χ2v) is 6.62. The van der Waals surface area contributed by atoms with Crippen LogP contribution in [-0.4, -0.2) is 6.04 Å². The van der Waals surface area contributed by atoms with Gasteiger partial charge in [0.15, 0.2) is 0 Å². The Hall–Kier alpha value is -0.700. The van der Waals surface area contributed by atoms with Gasteiger partial charge in [-0.15, -0.1) is 0 Å². The van der Waals surface area contributed by atoms with Crippen molar-refractivity contribution in [2.45, 2.75) is 46.1 Å². The van der Waals surface area contributed by atoms with Gasteiger partial charge in [-0.25, -0.2) is 0 Å². The van der Waals surface area contributed by atoms with Crippen molar-refractivity contribution in [1.82, 2.24) is 0 Å². The second kappa shape index (κ2) is 4.52. The molecule has 0 heterocycles. The number of benzene rings is 1. The van der Waals surface area contributed by atoms with Crippen molar-refractivity contribution < 1.29 is 0 Å². The van der Waals surface area contributed by atoms with Crippen molar-refractivity contribution in [3.8, 4) is 0 Å². The average Bonchev–Trinajstić information content (AvgIpc) is 2.55. The van der Waals surface area contributed by atoms with Gasteiger partial charge in [0.05, 0.1) is 0 Å². The predicted octanol–water partition coefficient (Wildman–Crippen LogP) is 4.33. The highest BCUT2D eigenvalue weighted by Crippen LogP contribution is 2.40. The van der Waals surface area contributed by atoms with E-state index in [1.54, 1.807) is 0 Å². The molecule has 1 saturated carbocycles. The second-order valence-electron chi connectivity index (χ2n) is 5.77. The van der Waals surface area contributed by atoms with Crippen molar-refractivity contribution >= 4 is 27.3 Å². The summed E-state index contributed by atoms with van der Waals surface area (Å²) in [5.74, 6) is 0. The summed E-state index contributed by atoms with van der Waals surface area (Å²) in [6.07, 6.45) is 3.87. The summed E-state index contributed by atoms with van der Waals surface area (Å²) in [4.78, 5) is 0. The van der Waals surface area contributed by atoms with Crippen LogP contribution in [0.3, 0.4) is 0 Å². The minimum Gasteiger partial charge on any atom is -0.398 e. The molecule has 2 rings (SSSR count). The number of halogens is 1. The summed E-state index contributed by atoms with van der Waals surface area (Å²) in [6, 6.07) is 4.68. The van der Waals surface area contributed by atoms with E-state index in [0.29, 0.717) is 11.5 Å². The first-order valence-corrected chi connectivity index (χ1v) is 7.01. The molecule has 1 aromatic rings. The largest absolute Gasteiger partial charge is 0.398 e. The highest BCUT2D eigenvalue weighted by Gasteiger charge is 2.34. The molecule has 17 heavy (non-hydrogen) atoms. The number of anilines is 2. The van der Waals surface area contributed by atoms with Crippen LogP contribution >= 0.6 is 15.9 Å². The highest BCUT2D eigenvalue weighted by atomic mass is 79.9. The van der Waals surface area contributed by atoms with Crippen LogP contribution in [0.1, 0.15) is 38.7 Å². The topological polar surface area (TPSA) is 38.0 Å². The van der Waals surface area contributed by atoms with Gasteiger partial charge in [-0.3, -0.25) is 0 Å². The SMILES string of the molecule is Cc1cc(NC2CCCC2(C)C)c(Br)cc1N. The minimum atomic E-state index is 0.384. The molecule has 0 aliphatic heterocycles. The van der Waals surface area contributed by atoms with Crippen LogP contribution in [0.2, 0.25) is 0 Å². The smallest absolute Gasteiger partial charge is 0.0491 e. The molecule has 0 amide bonds. The van der Waals surface area contributed by atoms with Crippen molar-refractivity contribution in [3.05, 3.63) is 22.2 Å². The van der Waals surface area contributed by atoms with E-state index >= 15 is 0 Å². The lowest BCUT2D eigenvalue weighted by Gasteiger charge is -2.29. The maximum Gasteiger partial charge on any atom is 0.0491 e. The summed E-state index contributed by atoms with van der Waals surface area (Å²) in [6.45, 7) is 6.73. The number of rotatable bonds is 2. The highest BCUT2D eigenvalue weighted by molar-refractivity contribution is 9.10. The van der Waals surface area contributed by atoms with Crippen LogP contribution in [-0.2, 0) is 0 Å². The van der Waals surface area contributed by atoms with E-state index in [1.165, 1.54) is 19.3 Å². The van der Waals surface area contributed by atoms with Crippen LogP contribution in [0.4, 0.5) is 11.4 Å². The number of aryl methyl sites for hydroxylation is 1. The molecule has 0 radical (unpaired) electrons. The zero-order valence-corrected chi connectivity index (χ0v) is 12.4. The lowest BCUT2D eigenvalue weighted by atomic mass is 9.87. The first-order valence-electron chi connectivity index (χ1n) is 6.22. The average molecular weight is 297 g/mol. The molecule has 1 atom stereocenters. The van der Waals surface area contributed by atoms with Gasteiger partial charge in [-0.2, -0.15) is 0 Å². The molecule has 2 nitrogen and oxygen atoms in total. The molecule has 0 aromatic heterocycles. The first kappa shape index (κ1) is 12.7. The predicted molar refractivity (Wildman–Crippen MR) is 78.3 cm³/mol. The summed E-state index contributed by atoms with van der Waals surface area (Å²) < 4.78 is 1.06. The molecule has 1 fully saturated rings. The van der Waals surface area contributed by atoms with E-state index in [4.69, 9.17) is 5.73 Å². The lowest BCUT2D eigenvalue weighted by molar-refractivity contribution is 0.350. The van der Waals surface area contributed by atoms with Gasteiger partial charge in [0.1, 0.15) is 0 Å². The Labute approximate surface area is 112 Å². The zero-order chi connectivity index (χ0) is 12.6. The number of hydrogen-bond donors (Lipinski definition) is 2. The van der Waals surface area contributed by atoms with Crippen LogP contribution in [0.25, 0.3) is 0 Å². The van der Waals surface area contributed by atoms with Crippen molar-refractivity contribution in [1.29, 1.82) is 0 Å². The molecule has 1 unspecified atom stereocenters. The van der Waals surface area contributed by atoms with Gasteiger partial charge in [0.2, 0.25) is 0 Å². The number of nitrogen functional groups attached to an aromatic ring is 1. The molecule has 1 aliphatic carbocycles. The fraction of sp³-hybridized carbons (Fsp3) is 0.571. The van der Waals surface area contributed by atoms with Crippen LogP contribution in [0, 0.1) is 12.3 Å². The van der Waals surface area contributed by atoms with Crippen LogP contribution in [0.5, 0.6) is 0 Å². The first-order chi connectivity index (χ1) is 7.90. The Kier molecular flexibility index (Phi) is 3.39. The Morgan fingerprint density at radius 3 is 2.71 bits per heavy atom. The maximum atomic E-state index is 5.89. The van der Waals surface area contributed by atoms with Gasteiger partial charge >= 0.3 is 0 Å². The van der Waals surface area contributed by atoms with Crippen LogP contribution < -0.4 is 11.1 Å². The molecular weight excluding hydrogens is 276 g/mol. The summed E-state index contributed by atoms with van der Waals surface area (Å²) in [5, 5.41) is 3.67. The van der Waals surface area contributed by atoms with E-state index in [1.807, 2.05) is 13.0 Å². The Balaban J connectivity index is 2.22. The molecule has 3 N–H and O–H groups in total. The molecule has 1 aliphatic rings. The number of hydrogen-bond acceptors (Lipinski definition) is 2. The third-order valence-corrected chi connectivity index (χ3v) is 4.60. The van der Waals surface area contributed by atoms with Crippen molar-refractivity contribution in [3.63, 3.8) is 0 Å². The fourth-order valence-electron chi connectivity index (χ4n) is 2.59. The van der Waals surface area contributed by atoms with Crippen molar-refractivity contribution in [2.24, 2.45) is 5.41 Å². The third kappa shape index (κ3) is 2.59. The molecule has 0 saturated heterocycles. The van der Waals surface area contributed by atoms with E-state index in [9.17, 15) is 0 Å². The fourth-order valence-corrected chi connectivity index (χ4v) is 3.07. The summed E-state index contributed by atoms with van der Waals surface area (Å²) in [5.41, 5.74) is 9.41. The molecule has 0 bridgehead atoms. The molecule has 3 heteroatoms. The van der Waals surface area contributed by atoms with Gasteiger partial charge < -0.3 is 11.1 Å². The lowest BCUT2D eigenvalue weighted by Crippen LogP contribution is -2.30. The van der Waals surface area contributed by atoms with E-state index in [-0.39, 0.29) is 0 Å². The quantitative estimate of drug-likeness (QED) is 0.797. The van der Waals surface area contributed by atoms with Gasteiger partial charge in [-0.05, 0) is 58.8 Å². The van der Waals surface area contributed by atoms with Gasteiger partial charge in [0, 0.05) is 21.9 Å². The third-order valence-electron chi connectivity index (χ3n) is 3.94. The summed E-state index contributed by atoms with van der Waals surface area (Å²) >= 11 is 3.58. The standard InChI is InChI=1S/C14H21BrN2/c1-9-7-12(10(15)8-11(9)16)17-13-5-4-6-14(13,2)3/h7-8,13,17H,4-6,16H2,1-3H3. The normalized spacial score (nSPS) is 22.7. The Bertz CT molecular complexity index is 426.